The van der Waals surface area contributed by atoms with Crippen molar-refractivity contribution in [3.63, 3.8) is 0 Å². The van der Waals surface area contributed by atoms with Crippen LogP contribution in [0.3, 0.4) is 0 Å². The number of rotatable bonds is 8. The first kappa shape index (κ1) is 26.7. The highest BCUT2D eigenvalue weighted by Crippen LogP contribution is 2.35. The smallest absolute Gasteiger partial charge is 0.341 e. The molecule has 11 heteroatoms. The Morgan fingerprint density at radius 1 is 1.21 bits per heavy atom. The van der Waals surface area contributed by atoms with E-state index in [1.54, 1.807) is 6.92 Å². The lowest BCUT2D eigenvalue weighted by Crippen LogP contribution is -2.44. The maximum absolute atomic E-state index is 12.5. The zero-order chi connectivity index (χ0) is 27.5. The lowest BCUT2D eigenvalue weighted by Gasteiger charge is -2.29. The van der Waals surface area contributed by atoms with Gasteiger partial charge in [-0.25, -0.2) is 19.5 Å². The highest BCUT2D eigenvalue weighted by Gasteiger charge is 2.37. The number of hydrogen-bond acceptors (Lipinski definition) is 8. The predicted octanol–water partition coefficient (Wildman–Crippen LogP) is 4.20. The predicted molar refractivity (Wildman–Crippen MR) is 148 cm³/mol. The topological polar surface area (TPSA) is 144 Å². The van der Waals surface area contributed by atoms with Crippen LogP contribution in [-0.2, 0) is 9.53 Å². The third-order valence-electron chi connectivity index (χ3n) is 7.61. The molecule has 11 nitrogen and oxygen atoms in total. The van der Waals surface area contributed by atoms with Crippen molar-refractivity contribution in [3.8, 4) is 11.3 Å². The van der Waals surface area contributed by atoms with Crippen LogP contribution < -0.4 is 10.6 Å². The fourth-order valence-electron chi connectivity index (χ4n) is 5.43. The Hall–Kier alpha value is -3.86. The molecule has 206 valence electrons. The van der Waals surface area contributed by atoms with Gasteiger partial charge in [-0.15, -0.1) is 0 Å². The van der Waals surface area contributed by atoms with E-state index < -0.39 is 24.0 Å². The molecule has 1 aliphatic heterocycles. The first-order valence-electron chi connectivity index (χ1n) is 13.6. The summed E-state index contributed by atoms with van der Waals surface area (Å²) in [5.74, 6) is -0.575. The van der Waals surface area contributed by atoms with Gasteiger partial charge in [0.25, 0.3) is 0 Å². The van der Waals surface area contributed by atoms with E-state index in [0.717, 1.165) is 72.9 Å². The van der Waals surface area contributed by atoms with E-state index in [0.29, 0.717) is 11.7 Å². The van der Waals surface area contributed by atoms with E-state index in [1.165, 1.54) is 7.11 Å². The molecule has 0 bridgehead atoms. The maximum atomic E-state index is 12.5. The molecule has 0 saturated heterocycles. The summed E-state index contributed by atoms with van der Waals surface area (Å²) in [6.07, 6.45) is 6.79. The lowest BCUT2D eigenvalue weighted by molar-refractivity contribution is -0.143. The maximum Gasteiger partial charge on any atom is 0.341 e. The molecule has 1 saturated carbocycles. The number of nitrogens with one attached hydrogen (secondary N) is 2. The van der Waals surface area contributed by atoms with Gasteiger partial charge < -0.3 is 20.5 Å². The van der Waals surface area contributed by atoms with E-state index in [2.05, 4.69) is 27.5 Å². The van der Waals surface area contributed by atoms with Gasteiger partial charge in [0.1, 0.15) is 11.6 Å². The number of aliphatic hydroxyl groups is 1. The van der Waals surface area contributed by atoms with Crippen LogP contribution in [0.25, 0.3) is 22.3 Å². The normalized spacial score (nSPS) is 23.3. The molecule has 1 fully saturated rings. The van der Waals surface area contributed by atoms with Gasteiger partial charge in [0.15, 0.2) is 5.65 Å². The van der Waals surface area contributed by atoms with Crippen LogP contribution in [0.4, 0.5) is 10.7 Å². The molecule has 1 aliphatic carbocycles. The quantitative estimate of drug-likeness (QED) is 0.289. The molecule has 1 aromatic carbocycles. The molecule has 39 heavy (non-hydrogen) atoms. The van der Waals surface area contributed by atoms with E-state index in [-0.39, 0.29) is 12.1 Å². The molecule has 3 aromatic rings. The molecule has 3 N–H and O–H groups in total. The number of carbonyl (C=O) groups is 2. The minimum absolute atomic E-state index is 0.142. The number of hydrogen-bond donors (Lipinski definition) is 3. The first-order valence-corrected chi connectivity index (χ1v) is 13.6. The number of nitrogens with zero attached hydrogens (tertiary/aromatic N) is 5. The number of methoxy groups -OCH3 is 1. The number of fused-ring (bicyclic) bond motifs is 1. The van der Waals surface area contributed by atoms with E-state index in [9.17, 15) is 14.7 Å². The Morgan fingerprint density at radius 2 is 1.95 bits per heavy atom. The Labute approximate surface area is 227 Å². The second-order valence-electron chi connectivity index (χ2n) is 10.3. The van der Waals surface area contributed by atoms with Crippen molar-refractivity contribution in [2.24, 2.45) is 10.9 Å². The average Bonchev–Trinajstić information content (AvgIpc) is 3.32. The van der Waals surface area contributed by atoms with Gasteiger partial charge in [-0.3, -0.25) is 4.79 Å². The molecule has 2 aliphatic rings. The van der Waals surface area contributed by atoms with Crippen molar-refractivity contribution in [3.05, 3.63) is 36.0 Å². The van der Waals surface area contributed by atoms with Crippen LogP contribution >= 0.6 is 0 Å². The van der Waals surface area contributed by atoms with E-state index >= 15 is 0 Å². The molecule has 2 unspecified atom stereocenters. The van der Waals surface area contributed by atoms with Crippen molar-refractivity contribution in [1.82, 2.24) is 25.1 Å². The summed E-state index contributed by atoms with van der Waals surface area (Å²) in [5, 5.41) is 22.0. The number of aliphatic imine (C=N–C) groups is 1. The number of urea groups is 1. The van der Waals surface area contributed by atoms with Gasteiger partial charge in [-0.2, -0.15) is 10.1 Å². The largest absolute Gasteiger partial charge is 0.468 e. The van der Waals surface area contributed by atoms with Crippen molar-refractivity contribution in [1.29, 1.82) is 0 Å². The molecule has 5 rings (SSSR count). The van der Waals surface area contributed by atoms with Crippen LogP contribution in [0.15, 0.2) is 35.5 Å². The number of ether oxygens (including phenoxy) is 1. The fourth-order valence-corrected chi connectivity index (χ4v) is 5.43. The van der Waals surface area contributed by atoms with E-state index in [1.807, 2.05) is 35.1 Å². The summed E-state index contributed by atoms with van der Waals surface area (Å²) >= 11 is 0. The molecule has 0 radical (unpaired) electrons. The standard InChI is InChI=1S/C28H35N7O4/c1-4-5-14-29-27-30-15-21-23(34-35(25(21)33-27)19-10-12-20(36)13-11-19)17-6-8-18(9-7-17)24-22(26(37)39-3)16(2)31-28(38)32-24/h6-9,15,19-20,22,24,36H,4-5,10-14H2,1-3H3,(H,32,38)(H,29,30,33). The van der Waals surface area contributed by atoms with E-state index in [4.69, 9.17) is 14.8 Å². The highest BCUT2D eigenvalue weighted by atomic mass is 16.5. The summed E-state index contributed by atoms with van der Waals surface area (Å²) in [4.78, 5) is 37.9. The molecule has 2 aromatic heterocycles. The third kappa shape index (κ3) is 5.49. The van der Waals surface area contributed by atoms with Crippen LogP contribution in [0.1, 0.15) is 70.0 Å². The minimum atomic E-state index is -0.702. The second kappa shape index (κ2) is 11.5. The number of aliphatic hydroxyl groups excluding tert-OH is 1. The van der Waals surface area contributed by atoms with Crippen LogP contribution in [0.5, 0.6) is 0 Å². The molecule has 2 atom stereocenters. The number of benzene rings is 1. The van der Waals surface area contributed by atoms with Gasteiger partial charge in [0.2, 0.25) is 5.95 Å². The van der Waals surface area contributed by atoms with Crippen molar-refractivity contribution in [2.75, 3.05) is 19.0 Å². The number of esters is 1. The number of amides is 2. The second-order valence-corrected chi connectivity index (χ2v) is 10.3. The van der Waals surface area contributed by atoms with Gasteiger partial charge in [-0.05, 0) is 44.6 Å². The zero-order valence-electron chi connectivity index (χ0n) is 22.6. The monoisotopic (exact) mass is 533 g/mol. The van der Waals surface area contributed by atoms with Crippen molar-refractivity contribution in [2.45, 2.75) is 70.6 Å². The Kier molecular flexibility index (Phi) is 7.87. The highest BCUT2D eigenvalue weighted by molar-refractivity contribution is 6.08. The molecular weight excluding hydrogens is 498 g/mol. The van der Waals surface area contributed by atoms with Crippen LogP contribution in [-0.4, -0.2) is 62.3 Å². The molecule has 0 spiro atoms. The fraction of sp³-hybridized carbons (Fsp3) is 0.500. The average molecular weight is 534 g/mol. The van der Waals surface area contributed by atoms with Crippen LogP contribution in [0.2, 0.25) is 0 Å². The summed E-state index contributed by atoms with van der Waals surface area (Å²) in [6.45, 7) is 4.60. The molecule has 2 amide bonds. The zero-order valence-corrected chi connectivity index (χ0v) is 22.6. The number of unbranched alkanes of at least 4 members (excludes halogenated alkanes) is 1. The number of aromatic nitrogens is 4. The summed E-state index contributed by atoms with van der Waals surface area (Å²) in [6, 6.07) is 6.71. The molecule has 3 heterocycles. The Balaban J connectivity index is 1.50. The number of carbonyl (C=O) groups excluding carboxylic acids is 2. The minimum Gasteiger partial charge on any atom is -0.468 e. The first-order chi connectivity index (χ1) is 18.9. The SMILES string of the molecule is CCCCNc1ncc2c(-c3ccc(C4NC(=O)N=C(C)C4C(=O)OC)cc3)nn(C3CCC(O)CC3)c2n1. The number of anilines is 1. The Morgan fingerprint density at radius 3 is 2.64 bits per heavy atom. The van der Waals surface area contributed by atoms with Gasteiger partial charge in [0, 0.05) is 24.0 Å². The van der Waals surface area contributed by atoms with Gasteiger partial charge in [0.05, 0.1) is 30.7 Å². The van der Waals surface area contributed by atoms with Gasteiger partial charge in [-0.1, -0.05) is 37.6 Å². The lowest BCUT2D eigenvalue weighted by atomic mass is 9.88. The summed E-state index contributed by atoms with van der Waals surface area (Å²) in [5.41, 5.74) is 3.58. The summed E-state index contributed by atoms with van der Waals surface area (Å²) < 4.78 is 6.97. The molecular formula is C28H35N7O4. The van der Waals surface area contributed by atoms with Gasteiger partial charge >= 0.3 is 12.0 Å². The summed E-state index contributed by atoms with van der Waals surface area (Å²) in [7, 11) is 1.33. The Bertz CT molecular complexity index is 1380. The third-order valence-corrected chi connectivity index (χ3v) is 7.61. The van der Waals surface area contributed by atoms with Crippen LogP contribution in [0, 0.1) is 5.92 Å². The van der Waals surface area contributed by atoms with Crippen molar-refractivity contribution >= 4 is 34.7 Å². The van der Waals surface area contributed by atoms with Crippen molar-refractivity contribution < 1.29 is 19.4 Å².